The van der Waals surface area contributed by atoms with Crippen molar-refractivity contribution < 1.29 is 23.9 Å². The summed E-state index contributed by atoms with van der Waals surface area (Å²) in [6.45, 7) is 0.926. The fourth-order valence-electron chi connectivity index (χ4n) is 5.52. The number of rotatable bonds is 5. The molecule has 4 aliphatic carbocycles. The number of carbonyl (C=O) groups is 4. The van der Waals surface area contributed by atoms with Crippen LogP contribution in [-0.4, -0.2) is 41.1 Å². The Bertz CT molecular complexity index is 985. The molecule has 1 heterocycles. The highest BCUT2D eigenvalue weighted by atomic mass is 35.5. The SMILES string of the molecule is C[C@H](C(=O)OCC(=O)c1ccc(Cl)cc1Cl)N1C(=O)[C@@H]2[C@H]3C=C[C@@H]([C@@H]4C[C@H]34)[C@H]2C1=O. The molecule has 6 rings (SSSR count). The molecule has 30 heavy (non-hydrogen) atoms. The lowest BCUT2D eigenvalue weighted by atomic mass is 9.63. The predicted molar refractivity (Wildman–Crippen MR) is 108 cm³/mol. The number of hydrogen-bond donors (Lipinski definition) is 0. The minimum atomic E-state index is -1.08. The summed E-state index contributed by atoms with van der Waals surface area (Å²) in [4.78, 5) is 52.1. The molecule has 8 heteroatoms. The fraction of sp³-hybridized carbons (Fsp3) is 0.455. The fourth-order valence-corrected chi connectivity index (χ4v) is 6.03. The van der Waals surface area contributed by atoms with Crippen LogP contribution in [0.15, 0.2) is 30.4 Å². The van der Waals surface area contributed by atoms with Crippen LogP contribution in [-0.2, 0) is 19.1 Å². The zero-order valence-corrected chi connectivity index (χ0v) is 17.6. The van der Waals surface area contributed by atoms with E-state index in [0.29, 0.717) is 16.9 Å². The zero-order valence-electron chi connectivity index (χ0n) is 16.1. The number of amides is 2. The molecule has 2 bridgehead atoms. The van der Waals surface area contributed by atoms with Crippen molar-refractivity contribution in [1.82, 2.24) is 4.90 Å². The average molecular weight is 448 g/mol. The third-order valence-corrected chi connectivity index (χ3v) is 7.55. The number of carbonyl (C=O) groups excluding carboxylic acids is 4. The smallest absolute Gasteiger partial charge is 0.329 e. The van der Waals surface area contributed by atoms with E-state index in [9.17, 15) is 19.2 Å². The van der Waals surface area contributed by atoms with Crippen molar-refractivity contribution in [3.8, 4) is 0 Å². The summed E-state index contributed by atoms with van der Waals surface area (Å²) in [5, 5.41) is 0.544. The standard InChI is InChI=1S/C22H19Cl2NO5/c1-9(22(29)30-8-17(26)13-3-2-10(23)6-16(13)24)25-20(27)18-11-4-5-12(15-7-14(11)15)19(18)21(25)28/h2-6,9,11-12,14-15,18-19H,7-8H2,1H3/t9-,11+,12+,14-,15+,18-,19-/m1/s1. The maximum absolute atomic E-state index is 13.1. The number of imide groups is 1. The Labute approximate surface area is 183 Å². The largest absolute Gasteiger partial charge is 0.456 e. The average Bonchev–Trinajstić information content (AvgIpc) is 3.49. The van der Waals surface area contributed by atoms with Gasteiger partial charge in [-0.3, -0.25) is 19.3 Å². The highest BCUT2D eigenvalue weighted by Gasteiger charge is 2.67. The van der Waals surface area contributed by atoms with Crippen LogP contribution in [0, 0.1) is 35.5 Å². The van der Waals surface area contributed by atoms with Gasteiger partial charge >= 0.3 is 5.97 Å². The number of ketones is 1. The first-order valence-corrected chi connectivity index (χ1v) is 10.8. The van der Waals surface area contributed by atoms with Gasteiger partial charge in [0.1, 0.15) is 6.04 Å². The van der Waals surface area contributed by atoms with E-state index < -0.39 is 24.4 Å². The summed E-state index contributed by atoms with van der Waals surface area (Å²) in [6.07, 6.45) is 5.22. The number of nitrogens with zero attached hydrogens (tertiary/aromatic N) is 1. The third-order valence-electron chi connectivity index (χ3n) is 7.00. The van der Waals surface area contributed by atoms with E-state index in [1.807, 2.05) is 0 Å². The molecular formula is C22H19Cl2NO5. The molecule has 1 aromatic rings. The molecule has 0 N–H and O–H groups in total. The van der Waals surface area contributed by atoms with Crippen LogP contribution in [0.4, 0.5) is 0 Å². The normalized spacial score (nSPS) is 33.9. The summed E-state index contributed by atoms with van der Waals surface area (Å²) >= 11 is 11.8. The van der Waals surface area contributed by atoms with Crippen LogP contribution in [0.2, 0.25) is 10.0 Å². The van der Waals surface area contributed by atoms with Gasteiger partial charge < -0.3 is 4.74 Å². The van der Waals surface area contributed by atoms with Gasteiger partial charge in [-0.1, -0.05) is 35.4 Å². The summed E-state index contributed by atoms with van der Waals surface area (Å²) in [5.74, 6) is -1.48. The predicted octanol–water partition coefficient (Wildman–Crippen LogP) is 3.16. The van der Waals surface area contributed by atoms with E-state index in [4.69, 9.17) is 27.9 Å². The Hall–Kier alpha value is -2.18. The Morgan fingerprint density at radius 1 is 1.10 bits per heavy atom. The number of ether oxygens (including phenoxy) is 1. The number of halogens is 2. The van der Waals surface area contributed by atoms with Gasteiger partial charge in [0.05, 0.1) is 16.9 Å². The van der Waals surface area contributed by atoms with Crippen molar-refractivity contribution in [1.29, 1.82) is 0 Å². The molecule has 7 atom stereocenters. The molecule has 0 unspecified atom stereocenters. The second-order valence-corrected chi connectivity index (χ2v) is 9.38. The van der Waals surface area contributed by atoms with Crippen molar-refractivity contribution in [2.75, 3.05) is 6.61 Å². The van der Waals surface area contributed by atoms with Crippen molar-refractivity contribution in [3.05, 3.63) is 46.0 Å². The molecule has 156 valence electrons. The van der Waals surface area contributed by atoms with E-state index in [0.717, 1.165) is 11.3 Å². The van der Waals surface area contributed by atoms with Crippen LogP contribution < -0.4 is 0 Å². The summed E-state index contributed by atoms with van der Waals surface area (Å²) in [7, 11) is 0. The molecule has 5 aliphatic rings. The van der Waals surface area contributed by atoms with Gasteiger partial charge in [0, 0.05) is 10.6 Å². The molecule has 0 aromatic heterocycles. The lowest BCUT2D eigenvalue weighted by Gasteiger charge is -2.37. The molecule has 1 aliphatic heterocycles. The third kappa shape index (κ3) is 2.84. The topological polar surface area (TPSA) is 80.8 Å². The molecule has 6 nitrogen and oxygen atoms in total. The number of hydrogen-bond acceptors (Lipinski definition) is 5. The summed E-state index contributed by atoms with van der Waals surface area (Å²) in [6, 6.07) is 3.31. The first kappa shape index (κ1) is 19.8. The monoisotopic (exact) mass is 447 g/mol. The Morgan fingerprint density at radius 3 is 2.27 bits per heavy atom. The molecular weight excluding hydrogens is 429 g/mol. The van der Waals surface area contributed by atoms with Crippen LogP contribution in [0.3, 0.4) is 0 Å². The number of esters is 1. The van der Waals surface area contributed by atoms with E-state index in [1.165, 1.54) is 25.1 Å². The van der Waals surface area contributed by atoms with Gasteiger partial charge in [-0.15, -0.1) is 0 Å². The molecule has 0 radical (unpaired) electrons. The molecule has 0 spiro atoms. The first-order chi connectivity index (χ1) is 14.3. The Morgan fingerprint density at radius 2 is 1.70 bits per heavy atom. The minimum Gasteiger partial charge on any atom is -0.456 e. The lowest BCUT2D eigenvalue weighted by Crippen LogP contribution is -2.45. The van der Waals surface area contributed by atoms with Crippen LogP contribution in [0.1, 0.15) is 23.7 Å². The quantitative estimate of drug-likeness (QED) is 0.299. The molecule has 3 fully saturated rings. The summed E-state index contributed by atoms with van der Waals surface area (Å²) < 4.78 is 5.13. The lowest BCUT2D eigenvalue weighted by molar-refractivity contribution is -0.157. The second-order valence-electron chi connectivity index (χ2n) is 8.53. The molecule has 1 aromatic carbocycles. The van der Waals surface area contributed by atoms with Gasteiger partial charge in [0.15, 0.2) is 6.61 Å². The van der Waals surface area contributed by atoms with E-state index in [2.05, 4.69) is 12.2 Å². The highest BCUT2D eigenvalue weighted by Crippen LogP contribution is 2.65. The minimum absolute atomic E-state index is 0.0864. The van der Waals surface area contributed by atoms with Crippen LogP contribution >= 0.6 is 23.2 Å². The number of allylic oxidation sites excluding steroid dienone is 2. The first-order valence-electron chi connectivity index (χ1n) is 9.99. The number of benzene rings is 1. The van der Waals surface area contributed by atoms with Crippen LogP contribution in [0.5, 0.6) is 0 Å². The van der Waals surface area contributed by atoms with Gasteiger partial charge in [-0.05, 0) is 55.2 Å². The molecule has 2 amide bonds. The van der Waals surface area contributed by atoms with E-state index >= 15 is 0 Å². The molecule has 2 saturated carbocycles. The van der Waals surface area contributed by atoms with Gasteiger partial charge in [0.25, 0.3) is 0 Å². The van der Waals surface area contributed by atoms with Crippen molar-refractivity contribution in [3.63, 3.8) is 0 Å². The van der Waals surface area contributed by atoms with Crippen molar-refractivity contribution in [2.45, 2.75) is 19.4 Å². The zero-order chi connectivity index (χ0) is 21.3. The number of likely N-dealkylation sites (tertiary alicyclic amines) is 1. The van der Waals surface area contributed by atoms with Crippen molar-refractivity contribution in [2.24, 2.45) is 35.5 Å². The summed E-state index contributed by atoms with van der Waals surface area (Å²) in [5.41, 5.74) is 0.183. The Balaban J connectivity index is 1.27. The molecule has 1 saturated heterocycles. The van der Waals surface area contributed by atoms with Gasteiger partial charge in [-0.25, -0.2) is 4.79 Å². The van der Waals surface area contributed by atoms with Gasteiger partial charge in [0.2, 0.25) is 17.6 Å². The van der Waals surface area contributed by atoms with Crippen LogP contribution in [0.25, 0.3) is 0 Å². The van der Waals surface area contributed by atoms with E-state index in [-0.39, 0.29) is 46.1 Å². The number of Topliss-reactive ketones (excluding diaryl/α,β-unsaturated/α-hetero) is 1. The maximum atomic E-state index is 13.1. The second kappa shape index (κ2) is 6.92. The Kier molecular flexibility index (Phi) is 4.56. The van der Waals surface area contributed by atoms with Gasteiger partial charge in [-0.2, -0.15) is 0 Å². The van der Waals surface area contributed by atoms with Crippen molar-refractivity contribution >= 4 is 46.8 Å². The van der Waals surface area contributed by atoms with E-state index in [1.54, 1.807) is 0 Å². The maximum Gasteiger partial charge on any atom is 0.329 e. The highest BCUT2D eigenvalue weighted by molar-refractivity contribution is 6.36.